The molecule has 0 radical (unpaired) electrons. The molecule has 3 aromatic heterocycles. The molecule has 6 heteroatoms. The number of hydrogen-bond acceptors (Lipinski definition) is 5. The number of fused-ring (bicyclic) bond motifs is 1. The first-order chi connectivity index (χ1) is 13.4. The van der Waals surface area contributed by atoms with Crippen LogP contribution in [-0.2, 0) is 11.2 Å². The van der Waals surface area contributed by atoms with Crippen molar-refractivity contribution in [1.29, 1.82) is 0 Å². The summed E-state index contributed by atoms with van der Waals surface area (Å²) in [6.45, 7) is 7.69. The van der Waals surface area contributed by atoms with Crippen molar-refractivity contribution in [2.24, 2.45) is 5.41 Å². The van der Waals surface area contributed by atoms with Gasteiger partial charge in [0.2, 0.25) is 0 Å². The van der Waals surface area contributed by atoms with E-state index in [1.54, 1.807) is 6.20 Å². The van der Waals surface area contributed by atoms with Gasteiger partial charge in [0.05, 0.1) is 17.6 Å². The van der Waals surface area contributed by atoms with E-state index in [1.165, 1.54) is 0 Å². The largest absolute Gasteiger partial charge is 0.361 e. The van der Waals surface area contributed by atoms with Crippen LogP contribution in [0.5, 0.6) is 0 Å². The molecule has 1 aromatic carbocycles. The lowest BCUT2D eigenvalue weighted by atomic mass is 9.88. The van der Waals surface area contributed by atoms with E-state index in [1.807, 2.05) is 58.2 Å². The van der Waals surface area contributed by atoms with Crippen molar-refractivity contribution in [2.75, 3.05) is 0 Å². The number of aromatic amines is 1. The van der Waals surface area contributed by atoms with Gasteiger partial charge in [-0.1, -0.05) is 43.3 Å². The summed E-state index contributed by atoms with van der Waals surface area (Å²) in [6, 6.07) is 8.14. The summed E-state index contributed by atoms with van der Waals surface area (Å²) in [4.78, 5) is 23.8. The first kappa shape index (κ1) is 18.1. The smallest absolute Gasteiger partial charge is 0.156 e. The van der Waals surface area contributed by atoms with Crippen LogP contribution in [-0.4, -0.2) is 26.4 Å². The maximum atomic E-state index is 11.3. The molecule has 0 atom stereocenters. The molecular formula is C22H22N4O2. The van der Waals surface area contributed by atoms with Crippen LogP contribution >= 0.6 is 0 Å². The normalized spacial score (nSPS) is 11.9. The van der Waals surface area contributed by atoms with Crippen LogP contribution in [0.3, 0.4) is 0 Å². The van der Waals surface area contributed by atoms with Gasteiger partial charge in [-0.3, -0.25) is 0 Å². The fourth-order valence-electron chi connectivity index (χ4n) is 3.45. The molecule has 6 nitrogen and oxygen atoms in total. The van der Waals surface area contributed by atoms with Gasteiger partial charge in [0, 0.05) is 22.7 Å². The number of aldehydes is 1. The Morgan fingerprint density at radius 2 is 1.86 bits per heavy atom. The molecule has 142 valence electrons. The summed E-state index contributed by atoms with van der Waals surface area (Å²) in [5.41, 5.74) is 6.82. The summed E-state index contributed by atoms with van der Waals surface area (Å²) in [5.74, 6) is 0.807. The second kappa shape index (κ2) is 6.71. The van der Waals surface area contributed by atoms with Crippen molar-refractivity contribution < 1.29 is 9.32 Å². The maximum absolute atomic E-state index is 11.3. The Bertz CT molecular complexity index is 1130. The highest BCUT2D eigenvalue weighted by atomic mass is 16.5. The van der Waals surface area contributed by atoms with E-state index in [0.717, 1.165) is 56.9 Å². The zero-order valence-corrected chi connectivity index (χ0v) is 16.4. The molecule has 0 aliphatic rings. The number of hydrogen-bond donors (Lipinski definition) is 1. The van der Waals surface area contributed by atoms with Gasteiger partial charge in [-0.15, -0.1) is 0 Å². The lowest BCUT2D eigenvalue weighted by Crippen LogP contribution is -2.16. The van der Waals surface area contributed by atoms with E-state index in [9.17, 15) is 4.79 Å². The van der Waals surface area contributed by atoms with Crippen molar-refractivity contribution in [1.82, 2.24) is 20.1 Å². The van der Waals surface area contributed by atoms with Crippen LogP contribution in [0.4, 0.5) is 0 Å². The Morgan fingerprint density at radius 1 is 1.14 bits per heavy atom. The molecule has 0 fully saturated rings. The molecule has 4 rings (SSSR count). The van der Waals surface area contributed by atoms with Gasteiger partial charge in [-0.2, -0.15) is 0 Å². The van der Waals surface area contributed by atoms with Gasteiger partial charge in [0.25, 0.3) is 0 Å². The van der Waals surface area contributed by atoms with Crippen LogP contribution < -0.4 is 0 Å². The van der Waals surface area contributed by atoms with Crippen LogP contribution in [0.15, 0.2) is 41.2 Å². The van der Waals surface area contributed by atoms with Crippen molar-refractivity contribution in [3.05, 3.63) is 53.7 Å². The lowest BCUT2D eigenvalue weighted by molar-refractivity contribution is -0.114. The molecule has 0 unspecified atom stereocenters. The molecule has 0 amide bonds. The molecule has 0 spiro atoms. The third-order valence-electron chi connectivity index (χ3n) is 4.93. The third-order valence-corrected chi connectivity index (χ3v) is 4.93. The molecule has 0 aliphatic heterocycles. The summed E-state index contributed by atoms with van der Waals surface area (Å²) in [5, 5.41) is 4.02. The molecular weight excluding hydrogens is 352 g/mol. The number of rotatable bonds is 5. The van der Waals surface area contributed by atoms with E-state index in [0.29, 0.717) is 6.42 Å². The number of carbonyl (C=O) groups is 1. The van der Waals surface area contributed by atoms with E-state index in [-0.39, 0.29) is 0 Å². The number of benzene rings is 1. The standard InChI is InChI=1S/C22H22N4O2/c1-13-19(14(2)28-26-13)16-7-5-15(6-8-16)18-11-24-21-20(25-18)17(10-23-21)9-22(3,4)12-27/h5-8,10-12H,9H2,1-4H3,(H,23,24). The summed E-state index contributed by atoms with van der Waals surface area (Å²) >= 11 is 0. The number of nitrogens with zero attached hydrogens (tertiary/aromatic N) is 3. The molecule has 3 heterocycles. The zero-order chi connectivity index (χ0) is 19.9. The minimum atomic E-state index is -0.442. The highest BCUT2D eigenvalue weighted by molar-refractivity contribution is 5.79. The molecule has 1 N–H and O–H groups in total. The Morgan fingerprint density at radius 3 is 2.50 bits per heavy atom. The Labute approximate surface area is 163 Å². The number of H-pyrrole nitrogens is 1. The monoisotopic (exact) mass is 374 g/mol. The number of nitrogens with one attached hydrogen (secondary N) is 1. The Kier molecular flexibility index (Phi) is 4.34. The van der Waals surface area contributed by atoms with E-state index in [2.05, 4.69) is 15.1 Å². The summed E-state index contributed by atoms with van der Waals surface area (Å²) in [6.07, 6.45) is 5.24. The Balaban J connectivity index is 1.70. The average Bonchev–Trinajstić information content (AvgIpc) is 3.24. The molecule has 28 heavy (non-hydrogen) atoms. The molecule has 0 saturated carbocycles. The van der Waals surface area contributed by atoms with Crippen molar-refractivity contribution in [2.45, 2.75) is 34.1 Å². The molecule has 0 saturated heterocycles. The minimum absolute atomic E-state index is 0.442. The first-order valence-corrected chi connectivity index (χ1v) is 9.21. The fourth-order valence-corrected chi connectivity index (χ4v) is 3.45. The van der Waals surface area contributed by atoms with Crippen molar-refractivity contribution in [3.63, 3.8) is 0 Å². The second-order valence-corrected chi connectivity index (χ2v) is 7.83. The fraction of sp³-hybridized carbons (Fsp3) is 0.273. The van der Waals surface area contributed by atoms with Gasteiger partial charge < -0.3 is 14.3 Å². The SMILES string of the molecule is Cc1noc(C)c1-c1ccc(-c2cnc3[nH]cc(CC(C)(C)C=O)c3n2)cc1. The summed E-state index contributed by atoms with van der Waals surface area (Å²) < 4.78 is 5.27. The van der Waals surface area contributed by atoms with Crippen LogP contribution in [0.2, 0.25) is 0 Å². The number of aromatic nitrogens is 4. The maximum Gasteiger partial charge on any atom is 0.156 e. The highest BCUT2D eigenvalue weighted by Crippen LogP contribution is 2.30. The van der Waals surface area contributed by atoms with Gasteiger partial charge in [-0.25, -0.2) is 9.97 Å². The van der Waals surface area contributed by atoms with E-state index < -0.39 is 5.41 Å². The predicted molar refractivity (Wildman–Crippen MR) is 108 cm³/mol. The number of carbonyl (C=O) groups excluding carboxylic acids is 1. The molecule has 0 aliphatic carbocycles. The Hall–Kier alpha value is -3.28. The van der Waals surface area contributed by atoms with Crippen LogP contribution in [0.25, 0.3) is 33.5 Å². The quantitative estimate of drug-likeness (QED) is 0.513. The second-order valence-electron chi connectivity index (χ2n) is 7.83. The predicted octanol–water partition coefficient (Wildman–Crippen LogP) is 4.66. The van der Waals surface area contributed by atoms with Gasteiger partial charge >= 0.3 is 0 Å². The first-order valence-electron chi connectivity index (χ1n) is 9.21. The van der Waals surface area contributed by atoms with Gasteiger partial charge in [0.1, 0.15) is 17.6 Å². The highest BCUT2D eigenvalue weighted by Gasteiger charge is 2.20. The van der Waals surface area contributed by atoms with Crippen LogP contribution in [0.1, 0.15) is 30.9 Å². The van der Waals surface area contributed by atoms with Gasteiger partial charge in [0.15, 0.2) is 5.65 Å². The zero-order valence-electron chi connectivity index (χ0n) is 16.4. The third kappa shape index (κ3) is 3.22. The lowest BCUT2D eigenvalue weighted by Gasteiger charge is -2.15. The molecule has 0 bridgehead atoms. The number of aryl methyl sites for hydroxylation is 2. The van der Waals surface area contributed by atoms with E-state index >= 15 is 0 Å². The van der Waals surface area contributed by atoms with Crippen LogP contribution in [0, 0.1) is 19.3 Å². The summed E-state index contributed by atoms with van der Waals surface area (Å²) in [7, 11) is 0. The van der Waals surface area contributed by atoms with E-state index in [4.69, 9.17) is 9.51 Å². The molecule has 4 aromatic rings. The van der Waals surface area contributed by atoms with Gasteiger partial charge in [-0.05, 0) is 31.4 Å². The van der Waals surface area contributed by atoms with Crippen molar-refractivity contribution >= 4 is 17.5 Å². The minimum Gasteiger partial charge on any atom is -0.361 e. The average molecular weight is 374 g/mol. The topological polar surface area (TPSA) is 84.7 Å². The van der Waals surface area contributed by atoms with Crippen molar-refractivity contribution in [3.8, 4) is 22.4 Å².